The lowest BCUT2D eigenvalue weighted by atomic mass is 9.49. The number of carbonyl (C=O) groups is 1. The highest BCUT2D eigenvalue weighted by atomic mass is 16.1. The standard InChI is InChI=1S/C17H24N2O/c20-16(19-11-12-1-2-18-10-12)9-17-6-13-3-14(7-17)5-15(4-13)8-17/h1-2,10,13-15,18H,3-9,11H2,(H,19,20). The fourth-order valence-electron chi connectivity index (χ4n) is 5.58. The number of aromatic nitrogens is 1. The van der Waals surface area contributed by atoms with E-state index in [1.807, 2.05) is 18.5 Å². The Balaban J connectivity index is 1.37. The predicted octanol–water partition coefficient (Wildman–Crippen LogP) is 3.24. The van der Waals surface area contributed by atoms with E-state index < -0.39 is 0 Å². The van der Waals surface area contributed by atoms with E-state index in [1.165, 1.54) is 38.5 Å². The lowest BCUT2D eigenvalue weighted by Crippen LogP contribution is -2.47. The van der Waals surface area contributed by atoms with Gasteiger partial charge in [0.25, 0.3) is 0 Å². The number of nitrogens with one attached hydrogen (secondary N) is 2. The third-order valence-electron chi connectivity index (χ3n) is 5.85. The van der Waals surface area contributed by atoms with Crippen LogP contribution < -0.4 is 5.32 Å². The molecule has 20 heavy (non-hydrogen) atoms. The number of hydrogen-bond acceptors (Lipinski definition) is 1. The second-order valence-electron chi connectivity index (χ2n) is 7.59. The number of rotatable bonds is 4. The summed E-state index contributed by atoms with van der Waals surface area (Å²) in [4.78, 5) is 15.3. The van der Waals surface area contributed by atoms with Gasteiger partial charge in [-0.15, -0.1) is 0 Å². The molecule has 0 spiro atoms. The molecule has 0 unspecified atom stereocenters. The Bertz CT molecular complexity index is 456. The van der Waals surface area contributed by atoms with Crippen molar-refractivity contribution in [2.24, 2.45) is 23.2 Å². The molecule has 5 rings (SSSR count). The van der Waals surface area contributed by atoms with Crippen molar-refractivity contribution in [2.75, 3.05) is 0 Å². The first-order valence-electron chi connectivity index (χ1n) is 8.09. The zero-order chi connectivity index (χ0) is 13.6. The van der Waals surface area contributed by atoms with Crippen LogP contribution in [0.3, 0.4) is 0 Å². The van der Waals surface area contributed by atoms with Crippen LogP contribution in [0.1, 0.15) is 50.5 Å². The molecule has 0 radical (unpaired) electrons. The van der Waals surface area contributed by atoms with Gasteiger partial charge in [0.15, 0.2) is 0 Å². The molecule has 4 fully saturated rings. The molecule has 3 heteroatoms. The van der Waals surface area contributed by atoms with Crippen molar-refractivity contribution in [3.05, 3.63) is 24.0 Å². The van der Waals surface area contributed by atoms with E-state index in [0.717, 1.165) is 29.7 Å². The molecule has 0 saturated heterocycles. The molecule has 1 amide bonds. The lowest BCUT2D eigenvalue weighted by Gasteiger charge is -2.56. The summed E-state index contributed by atoms with van der Waals surface area (Å²) in [5, 5.41) is 3.10. The molecule has 0 aromatic carbocycles. The monoisotopic (exact) mass is 272 g/mol. The van der Waals surface area contributed by atoms with E-state index in [-0.39, 0.29) is 5.91 Å². The topological polar surface area (TPSA) is 44.9 Å². The minimum atomic E-state index is 0.258. The van der Waals surface area contributed by atoms with Crippen LogP contribution in [0.15, 0.2) is 18.5 Å². The van der Waals surface area contributed by atoms with Crippen molar-refractivity contribution in [3.63, 3.8) is 0 Å². The maximum atomic E-state index is 12.3. The molecule has 4 saturated carbocycles. The van der Waals surface area contributed by atoms with Gasteiger partial charge in [-0.05, 0) is 73.3 Å². The highest BCUT2D eigenvalue weighted by molar-refractivity contribution is 5.76. The van der Waals surface area contributed by atoms with Crippen molar-refractivity contribution >= 4 is 5.91 Å². The average molecular weight is 272 g/mol. The van der Waals surface area contributed by atoms with E-state index in [4.69, 9.17) is 0 Å². The van der Waals surface area contributed by atoms with E-state index in [9.17, 15) is 4.79 Å². The number of hydrogen-bond donors (Lipinski definition) is 2. The van der Waals surface area contributed by atoms with Crippen LogP contribution in [0.2, 0.25) is 0 Å². The predicted molar refractivity (Wildman–Crippen MR) is 77.9 cm³/mol. The third kappa shape index (κ3) is 2.27. The molecule has 1 aromatic heterocycles. The Labute approximate surface area is 120 Å². The highest BCUT2D eigenvalue weighted by Gasteiger charge is 2.51. The minimum absolute atomic E-state index is 0.258. The van der Waals surface area contributed by atoms with Gasteiger partial charge in [0.05, 0.1) is 0 Å². The molecule has 3 nitrogen and oxygen atoms in total. The summed E-state index contributed by atoms with van der Waals surface area (Å²) in [5.41, 5.74) is 1.51. The zero-order valence-electron chi connectivity index (χ0n) is 12.0. The number of H-pyrrole nitrogens is 1. The van der Waals surface area contributed by atoms with Crippen LogP contribution in [0, 0.1) is 23.2 Å². The van der Waals surface area contributed by atoms with E-state index in [2.05, 4.69) is 10.3 Å². The van der Waals surface area contributed by atoms with E-state index in [1.54, 1.807) is 0 Å². The summed E-state index contributed by atoms with van der Waals surface area (Å²) < 4.78 is 0. The molecule has 1 aromatic rings. The molecule has 4 bridgehead atoms. The van der Waals surface area contributed by atoms with Gasteiger partial charge in [-0.3, -0.25) is 4.79 Å². The Kier molecular flexibility index (Phi) is 2.90. The van der Waals surface area contributed by atoms with Gasteiger partial charge in [-0.1, -0.05) is 0 Å². The van der Waals surface area contributed by atoms with Crippen molar-refractivity contribution in [1.29, 1.82) is 0 Å². The van der Waals surface area contributed by atoms with Crippen LogP contribution >= 0.6 is 0 Å². The normalized spacial score (nSPS) is 38.1. The van der Waals surface area contributed by atoms with Crippen LogP contribution in [-0.4, -0.2) is 10.9 Å². The Hall–Kier alpha value is -1.25. The van der Waals surface area contributed by atoms with Crippen molar-refractivity contribution in [3.8, 4) is 0 Å². The SMILES string of the molecule is O=C(CC12CC3CC(CC(C3)C1)C2)NCc1cc[nH]c1. The quantitative estimate of drug-likeness (QED) is 0.868. The zero-order valence-corrected chi connectivity index (χ0v) is 12.0. The molecular formula is C17H24N2O. The maximum Gasteiger partial charge on any atom is 0.220 e. The number of amides is 1. The van der Waals surface area contributed by atoms with Gasteiger partial charge in [-0.25, -0.2) is 0 Å². The van der Waals surface area contributed by atoms with Crippen LogP contribution in [0.25, 0.3) is 0 Å². The van der Waals surface area contributed by atoms with E-state index in [0.29, 0.717) is 12.0 Å². The summed E-state index contributed by atoms with van der Waals surface area (Å²) in [6.45, 7) is 0.661. The Morgan fingerprint density at radius 2 is 1.85 bits per heavy atom. The minimum Gasteiger partial charge on any atom is -0.367 e. The first-order chi connectivity index (χ1) is 9.71. The van der Waals surface area contributed by atoms with Crippen molar-refractivity contribution in [2.45, 2.75) is 51.5 Å². The smallest absolute Gasteiger partial charge is 0.220 e. The molecule has 4 aliphatic carbocycles. The van der Waals surface area contributed by atoms with Gasteiger partial charge in [0.1, 0.15) is 0 Å². The van der Waals surface area contributed by atoms with Gasteiger partial charge < -0.3 is 10.3 Å². The molecule has 2 N–H and O–H groups in total. The van der Waals surface area contributed by atoms with Crippen LogP contribution in [-0.2, 0) is 11.3 Å². The summed E-state index contributed by atoms with van der Waals surface area (Å²) in [6.07, 6.45) is 12.9. The summed E-state index contributed by atoms with van der Waals surface area (Å²) >= 11 is 0. The fourth-order valence-corrected chi connectivity index (χ4v) is 5.58. The molecule has 4 aliphatic rings. The average Bonchev–Trinajstić information content (AvgIpc) is 2.87. The Morgan fingerprint density at radius 3 is 2.40 bits per heavy atom. The second-order valence-corrected chi connectivity index (χ2v) is 7.59. The summed E-state index contributed by atoms with van der Waals surface area (Å²) in [6, 6.07) is 2.02. The molecular weight excluding hydrogens is 248 g/mol. The molecule has 1 heterocycles. The van der Waals surface area contributed by atoms with Gasteiger partial charge in [-0.2, -0.15) is 0 Å². The number of aromatic amines is 1. The third-order valence-corrected chi connectivity index (χ3v) is 5.85. The van der Waals surface area contributed by atoms with Crippen LogP contribution in [0.5, 0.6) is 0 Å². The van der Waals surface area contributed by atoms with Gasteiger partial charge >= 0.3 is 0 Å². The van der Waals surface area contributed by atoms with Crippen molar-refractivity contribution < 1.29 is 4.79 Å². The maximum absolute atomic E-state index is 12.3. The van der Waals surface area contributed by atoms with Gasteiger partial charge in [0.2, 0.25) is 5.91 Å². The van der Waals surface area contributed by atoms with Gasteiger partial charge in [0, 0.05) is 25.4 Å². The fraction of sp³-hybridized carbons (Fsp3) is 0.706. The Morgan fingerprint density at radius 1 is 1.20 bits per heavy atom. The molecule has 108 valence electrons. The molecule has 0 atom stereocenters. The summed E-state index contributed by atoms with van der Waals surface area (Å²) in [7, 11) is 0. The summed E-state index contributed by atoms with van der Waals surface area (Å²) in [5.74, 6) is 3.05. The largest absolute Gasteiger partial charge is 0.367 e. The second kappa shape index (κ2) is 4.64. The van der Waals surface area contributed by atoms with Crippen LogP contribution in [0.4, 0.5) is 0 Å². The number of carbonyl (C=O) groups excluding carboxylic acids is 1. The van der Waals surface area contributed by atoms with Crippen molar-refractivity contribution in [1.82, 2.24) is 10.3 Å². The first kappa shape index (κ1) is 12.5. The first-order valence-corrected chi connectivity index (χ1v) is 8.09. The molecule has 0 aliphatic heterocycles. The van der Waals surface area contributed by atoms with E-state index >= 15 is 0 Å². The lowest BCUT2D eigenvalue weighted by molar-refractivity contribution is -0.129. The highest BCUT2D eigenvalue weighted by Crippen LogP contribution is 2.61.